The van der Waals surface area contributed by atoms with Crippen LogP contribution in [0.15, 0.2) is 58.8 Å². The Bertz CT molecular complexity index is 602. The minimum atomic E-state index is -0.370. The normalized spacial score (nSPS) is 11.8. The summed E-state index contributed by atoms with van der Waals surface area (Å²) in [6.07, 6.45) is 0. The Hall–Kier alpha value is -2.36. The van der Waals surface area contributed by atoms with Crippen molar-refractivity contribution in [3.63, 3.8) is 0 Å². The van der Waals surface area contributed by atoms with Gasteiger partial charge in [0.05, 0.1) is 5.69 Å². The predicted octanol–water partition coefficient (Wildman–Crippen LogP) is 4.98. The van der Waals surface area contributed by atoms with E-state index in [2.05, 4.69) is 10.2 Å². The van der Waals surface area contributed by atoms with Crippen molar-refractivity contribution in [2.75, 3.05) is 0 Å². The number of ether oxygens (including phenoxy) is 1. The Kier molecular flexibility index (Phi) is 4.03. The minimum absolute atomic E-state index is 0.142. The highest BCUT2D eigenvalue weighted by Crippen LogP contribution is 2.34. The number of benzene rings is 2. The van der Waals surface area contributed by atoms with E-state index in [1.54, 1.807) is 18.2 Å². The molecule has 2 aromatic carbocycles. The molecule has 0 atom stereocenters. The molecular weight excluding hydrogens is 252 g/mol. The summed E-state index contributed by atoms with van der Waals surface area (Å²) in [5, 5.41) is 17.9. The molecule has 0 fully saturated rings. The Morgan fingerprint density at radius 2 is 1.65 bits per heavy atom. The molecule has 20 heavy (non-hydrogen) atoms. The molecule has 0 radical (unpaired) electrons. The molecule has 0 aliphatic heterocycles. The molecular formula is C16H18N2O2. The van der Waals surface area contributed by atoms with Gasteiger partial charge < -0.3 is 9.84 Å². The van der Waals surface area contributed by atoms with Crippen molar-refractivity contribution in [1.29, 1.82) is 0 Å². The fourth-order valence-corrected chi connectivity index (χ4v) is 1.60. The third kappa shape index (κ3) is 4.09. The lowest BCUT2D eigenvalue weighted by Crippen LogP contribution is -2.22. The zero-order valence-corrected chi connectivity index (χ0v) is 11.9. The van der Waals surface area contributed by atoms with Crippen molar-refractivity contribution in [1.82, 2.24) is 0 Å². The SMILES string of the molecule is CC(C)(C)Oc1cc(O)ccc1N=Nc1ccccc1. The molecule has 0 aromatic heterocycles. The van der Waals surface area contributed by atoms with E-state index in [1.807, 2.05) is 51.1 Å². The van der Waals surface area contributed by atoms with Gasteiger partial charge in [-0.2, -0.15) is 5.11 Å². The first-order valence-corrected chi connectivity index (χ1v) is 6.43. The maximum absolute atomic E-state index is 9.57. The van der Waals surface area contributed by atoms with E-state index in [0.717, 1.165) is 5.69 Å². The molecule has 0 heterocycles. The van der Waals surface area contributed by atoms with Crippen LogP contribution in [0.2, 0.25) is 0 Å². The van der Waals surface area contributed by atoms with Crippen LogP contribution < -0.4 is 4.74 Å². The summed E-state index contributed by atoms with van der Waals surface area (Å²) in [6.45, 7) is 5.82. The van der Waals surface area contributed by atoms with E-state index in [-0.39, 0.29) is 11.4 Å². The fraction of sp³-hybridized carbons (Fsp3) is 0.250. The largest absolute Gasteiger partial charge is 0.508 e. The molecule has 1 N–H and O–H groups in total. The van der Waals surface area contributed by atoms with Gasteiger partial charge in [-0.05, 0) is 45.0 Å². The highest BCUT2D eigenvalue weighted by Gasteiger charge is 2.15. The smallest absolute Gasteiger partial charge is 0.151 e. The molecule has 0 bridgehead atoms. The van der Waals surface area contributed by atoms with Crippen LogP contribution in [0.5, 0.6) is 11.5 Å². The lowest BCUT2D eigenvalue weighted by atomic mass is 10.2. The van der Waals surface area contributed by atoms with Gasteiger partial charge in [-0.25, -0.2) is 0 Å². The van der Waals surface area contributed by atoms with Crippen LogP contribution in [0.4, 0.5) is 11.4 Å². The Balaban J connectivity index is 2.29. The van der Waals surface area contributed by atoms with Gasteiger partial charge in [-0.1, -0.05) is 18.2 Å². The number of phenolic OH excluding ortho intramolecular Hbond substituents is 1. The maximum Gasteiger partial charge on any atom is 0.151 e. The molecule has 2 aromatic rings. The van der Waals surface area contributed by atoms with Gasteiger partial charge in [0.1, 0.15) is 17.0 Å². The molecule has 0 unspecified atom stereocenters. The molecule has 0 saturated heterocycles. The monoisotopic (exact) mass is 270 g/mol. The van der Waals surface area contributed by atoms with Crippen LogP contribution in [0.1, 0.15) is 20.8 Å². The van der Waals surface area contributed by atoms with Gasteiger partial charge in [0.25, 0.3) is 0 Å². The number of hydrogen-bond acceptors (Lipinski definition) is 4. The third-order valence-corrected chi connectivity index (χ3v) is 2.39. The van der Waals surface area contributed by atoms with Crippen LogP contribution in [0, 0.1) is 0 Å². The Morgan fingerprint density at radius 1 is 0.950 bits per heavy atom. The number of phenols is 1. The second-order valence-corrected chi connectivity index (χ2v) is 5.40. The lowest BCUT2D eigenvalue weighted by molar-refractivity contribution is 0.131. The molecule has 0 saturated carbocycles. The molecule has 4 heteroatoms. The second kappa shape index (κ2) is 5.74. The van der Waals surface area contributed by atoms with Gasteiger partial charge in [0.15, 0.2) is 5.75 Å². The van der Waals surface area contributed by atoms with Gasteiger partial charge in [-0.15, -0.1) is 5.11 Å². The first-order chi connectivity index (χ1) is 9.44. The molecule has 0 spiro atoms. The van der Waals surface area contributed by atoms with Gasteiger partial charge >= 0.3 is 0 Å². The fourth-order valence-electron chi connectivity index (χ4n) is 1.60. The van der Waals surface area contributed by atoms with Gasteiger partial charge in [0, 0.05) is 6.07 Å². The topological polar surface area (TPSA) is 54.2 Å². The summed E-state index contributed by atoms with van der Waals surface area (Å²) in [7, 11) is 0. The highest BCUT2D eigenvalue weighted by molar-refractivity contribution is 5.55. The van der Waals surface area contributed by atoms with Crippen molar-refractivity contribution >= 4 is 11.4 Å². The highest BCUT2D eigenvalue weighted by atomic mass is 16.5. The first kappa shape index (κ1) is 14.1. The molecule has 0 amide bonds. The van der Waals surface area contributed by atoms with E-state index in [1.165, 1.54) is 0 Å². The van der Waals surface area contributed by atoms with E-state index in [4.69, 9.17) is 4.74 Å². The van der Waals surface area contributed by atoms with Gasteiger partial charge in [0.2, 0.25) is 0 Å². The van der Waals surface area contributed by atoms with Crippen LogP contribution in [0.3, 0.4) is 0 Å². The van der Waals surface area contributed by atoms with E-state index < -0.39 is 0 Å². The average Bonchev–Trinajstić information content (AvgIpc) is 2.37. The van der Waals surface area contributed by atoms with Crippen LogP contribution in [0.25, 0.3) is 0 Å². The van der Waals surface area contributed by atoms with Crippen molar-refractivity contribution in [3.05, 3.63) is 48.5 Å². The van der Waals surface area contributed by atoms with Crippen molar-refractivity contribution in [2.24, 2.45) is 10.2 Å². The van der Waals surface area contributed by atoms with Crippen LogP contribution in [-0.4, -0.2) is 10.7 Å². The Morgan fingerprint density at radius 3 is 2.30 bits per heavy atom. The summed E-state index contributed by atoms with van der Waals surface area (Å²) < 4.78 is 5.79. The average molecular weight is 270 g/mol. The third-order valence-electron chi connectivity index (χ3n) is 2.39. The summed E-state index contributed by atoms with van der Waals surface area (Å²) in [4.78, 5) is 0. The summed E-state index contributed by atoms with van der Waals surface area (Å²) in [5.74, 6) is 0.653. The molecule has 0 aliphatic rings. The summed E-state index contributed by atoms with van der Waals surface area (Å²) in [6, 6.07) is 14.3. The van der Waals surface area contributed by atoms with Crippen molar-refractivity contribution in [2.45, 2.75) is 26.4 Å². The van der Waals surface area contributed by atoms with Crippen LogP contribution >= 0.6 is 0 Å². The second-order valence-electron chi connectivity index (χ2n) is 5.40. The number of nitrogens with zero attached hydrogens (tertiary/aromatic N) is 2. The lowest BCUT2D eigenvalue weighted by Gasteiger charge is -2.22. The zero-order chi connectivity index (χ0) is 14.6. The summed E-state index contributed by atoms with van der Waals surface area (Å²) >= 11 is 0. The van der Waals surface area contributed by atoms with Crippen molar-refractivity contribution < 1.29 is 9.84 Å². The van der Waals surface area contributed by atoms with Gasteiger partial charge in [-0.3, -0.25) is 0 Å². The van der Waals surface area contributed by atoms with E-state index in [9.17, 15) is 5.11 Å². The first-order valence-electron chi connectivity index (χ1n) is 6.43. The molecule has 104 valence electrons. The molecule has 0 aliphatic carbocycles. The maximum atomic E-state index is 9.57. The van der Waals surface area contributed by atoms with E-state index >= 15 is 0 Å². The standard InChI is InChI=1S/C16H18N2O2/c1-16(2,3)20-15-11-13(19)9-10-14(15)18-17-12-7-5-4-6-8-12/h4-11,19H,1-3H3. The summed E-state index contributed by atoms with van der Waals surface area (Å²) in [5.41, 5.74) is 0.981. The zero-order valence-electron chi connectivity index (χ0n) is 11.9. The minimum Gasteiger partial charge on any atom is -0.508 e. The molecule has 2 rings (SSSR count). The number of azo groups is 1. The van der Waals surface area contributed by atoms with E-state index in [0.29, 0.717) is 11.4 Å². The quantitative estimate of drug-likeness (QED) is 0.799. The van der Waals surface area contributed by atoms with Crippen molar-refractivity contribution in [3.8, 4) is 11.5 Å². The Labute approximate surface area is 118 Å². The number of hydrogen-bond donors (Lipinski definition) is 1. The predicted molar refractivity (Wildman–Crippen MR) is 79.1 cm³/mol. The van der Waals surface area contributed by atoms with Crippen LogP contribution in [-0.2, 0) is 0 Å². The number of aromatic hydroxyl groups is 1. The molecule has 4 nitrogen and oxygen atoms in total. The number of rotatable bonds is 3.